The maximum absolute atomic E-state index is 15.0. The van der Waals surface area contributed by atoms with Crippen molar-refractivity contribution in [2.75, 3.05) is 0 Å². The van der Waals surface area contributed by atoms with Gasteiger partial charge in [0.05, 0.1) is 27.4 Å². The first kappa shape index (κ1) is 22.1. The number of aromatic nitrogens is 4. The van der Waals surface area contributed by atoms with Gasteiger partial charge in [-0.1, -0.05) is 32.9 Å². The molecule has 8 heteroatoms. The summed E-state index contributed by atoms with van der Waals surface area (Å²) in [6.07, 6.45) is 1.52. The summed E-state index contributed by atoms with van der Waals surface area (Å²) in [6.45, 7) is 7.80. The third-order valence-electron chi connectivity index (χ3n) is 5.53. The van der Waals surface area contributed by atoms with Gasteiger partial charge in [0.15, 0.2) is 0 Å². The number of halogens is 2. The molecular weight excluding hydrogens is 475 g/mol. The lowest BCUT2D eigenvalue weighted by Gasteiger charge is -2.20. The molecule has 2 aromatic carbocycles. The number of benzene rings is 2. The highest BCUT2D eigenvalue weighted by molar-refractivity contribution is 9.10. The van der Waals surface area contributed by atoms with Crippen LogP contribution in [0.15, 0.2) is 56.7 Å². The van der Waals surface area contributed by atoms with Crippen molar-refractivity contribution in [3.05, 3.63) is 84.7 Å². The Bertz CT molecular complexity index is 1470. The molecule has 0 bridgehead atoms. The quantitative estimate of drug-likeness (QED) is 0.404. The average molecular weight is 497 g/mol. The molecule has 0 aliphatic heterocycles. The molecule has 4 rings (SSSR count). The van der Waals surface area contributed by atoms with E-state index in [0.29, 0.717) is 21.2 Å². The Morgan fingerprint density at radius 3 is 2.44 bits per heavy atom. The average Bonchev–Trinajstić information content (AvgIpc) is 2.71. The summed E-state index contributed by atoms with van der Waals surface area (Å²) in [5.41, 5.74) is 2.30. The van der Waals surface area contributed by atoms with Gasteiger partial charge in [-0.25, -0.2) is 9.07 Å². The van der Waals surface area contributed by atoms with Gasteiger partial charge < -0.3 is 0 Å². The topological polar surface area (TPSA) is 69.8 Å². The summed E-state index contributed by atoms with van der Waals surface area (Å²) in [4.78, 5) is 25.2. The van der Waals surface area contributed by atoms with E-state index < -0.39 is 11.4 Å². The minimum Gasteiger partial charge on any atom is -0.267 e. The van der Waals surface area contributed by atoms with Gasteiger partial charge in [0, 0.05) is 18.0 Å². The molecule has 4 aromatic rings. The van der Waals surface area contributed by atoms with Gasteiger partial charge in [-0.2, -0.15) is 14.9 Å². The molecule has 32 heavy (non-hydrogen) atoms. The second-order valence-electron chi connectivity index (χ2n) is 8.79. The lowest BCUT2D eigenvalue weighted by atomic mass is 9.86. The minimum atomic E-state index is -0.564. The van der Waals surface area contributed by atoms with Crippen molar-refractivity contribution in [1.82, 2.24) is 19.6 Å². The van der Waals surface area contributed by atoms with E-state index in [-0.39, 0.29) is 16.4 Å². The van der Waals surface area contributed by atoms with Gasteiger partial charge in [0.1, 0.15) is 5.82 Å². The van der Waals surface area contributed by atoms with E-state index in [9.17, 15) is 9.59 Å². The van der Waals surface area contributed by atoms with Gasteiger partial charge in [0.25, 0.3) is 11.1 Å². The third kappa shape index (κ3) is 3.68. The van der Waals surface area contributed by atoms with Gasteiger partial charge >= 0.3 is 0 Å². The molecule has 0 saturated heterocycles. The molecule has 0 fully saturated rings. The number of rotatable bonds is 2. The van der Waals surface area contributed by atoms with Crippen LogP contribution in [0.25, 0.3) is 27.7 Å². The Labute approximate surface area is 192 Å². The second kappa shape index (κ2) is 7.78. The number of nitrogens with zero attached hydrogens (tertiary/aromatic N) is 4. The van der Waals surface area contributed by atoms with Gasteiger partial charge in [-0.15, -0.1) is 0 Å². The first-order chi connectivity index (χ1) is 15.0. The van der Waals surface area contributed by atoms with Crippen molar-refractivity contribution in [1.29, 1.82) is 0 Å². The first-order valence-electron chi connectivity index (χ1n) is 10.1. The van der Waals surface area contributed by atoms with Gasteiger partial charge in [-0.05, 0) is 63.7 Å². The standard InChI is InChI=1S/C24H22BrFN4O2/c1-13-16(19-11-17(25)22(31)29(5)28-19)7-6-8-20(13)30-23(32)21-14(12-27-30)9-15(10-18(21)26)24(2,3)4/h6-12H,1-5H3. The minimum absolute atomic E-state index is 0.000723. The zero-order chi connectivity index (χ0) is 23.4. The lowest BCUT2D eigenvalue weighted by Crippen LogP contribution is -2.23. The van der Waals surface area contributed by atoms with Crippen LogP contribution in [-0.2, 0) is 12.5 Å². The molecule has 6 nitrogen and oxygen atoms in total. The van der Waals surface area contributed by atoms with E-state index in [4.69, 9.17) is 0 Å². The fraction of sp³-hybridized carbons (Fsp3) is 0.250. The molecule has 0 N–H and O–H groups in total. The van der Waals surface area contributed by atoms with E-state index in [1.54, 1.807) is 25.2 Å². The molecule has 0 spiro atoms. The third-order valence-corrected chi connectivity index (χ3v) is 6.10. The van der Waals surface area contributed by atoms with Crippen LogP contribution in [0.5, 0.6) is 0 Å². The second-order valence-corrected chi connectivity index (χ2v) is 9.64. The molecule has 2 aromatic heterocycles. The van der Waals surface area contributed by atoms with Crippen LogP contribution in [0.3, 0.4) is 0 Å². The summed E-state index contributed by atoms with van der Waals surface area (Å²) in [7, 11) is 1.57. The predicted molar refractivity (Wildman–Crippen MR) is 127 cm³/mol. The fourth-order valence-corrected chi connectivity index (χ4v) is 4.15. The van der Waals surface area contributed by atoms with E-state index >= 15 is 4.39 Å². The zero-order valence-electron chi connectivity index (χ0n) is 18.4. The van der Waals surface area contributed by atoms with Crippen LogP contribution >= 0.6 is 15.9 Å². The summed E-state index contributed by atoms with van der Waals surface area (Å²) >= 11 is 3.27. The Hall–Kier alpha value is -3.13. The number of hydrogen-bond acceptors (Lipinski definition) is 4. The zero-order valence-corrected chi connectivity index (χ0v) is 20.0. The molecule has 0 atom stereocenters. The molecule has 164 valence electrons. The normalized spacial score (nSPS) is 11.8. The Morgan fingerprint density at radius 1 is 1.06 bits per heavy atom. The number of hydrogen-bond donors (Lipinski definition) is 0. The number of fused-ring (bicyclic) bond motifs is 1. The Balaban J connectivity index is 1.93. The highest BCUT2D eigenvalue weighted by Gasteiger charge is 2.20. The smallest absolute Gasteiger partial charge is 0.267 e. The molecule has 0 saturated carbocycles. The molecule has 0 aliphatic carbocycles. The summed E-state index contributed by atoms with van der Waals surface area (Å²) in [6, 6.07) is 10.2. The highest BCUT2D eigenvalue weighted by Crippen LogP contribution is 2.29. The largest absolute Gasteiger partial charge is 0.282 e. The molecular formula is C24H22BrFN4O2. The van der Waals surface area contributed by atoms with Crippen LogP contribution in [0.4, 0.5) is 4.39 Å². The maximum atomic E-state index is 15.0. The van der Waals surface area contributed by atoms with Crippen LogP contribution < -0.4 is 11.1 Å². The number of aryl methyl sites for hydroxylation is 1. The van der Waals surface area contributed by atoms with Crippen LogP contribution in [-0.4, -0.2) is 19.6 Å². The molecule has 0 unspecified atom stereocenters. The summed E-state index contributed by atoms with van der Waals surface area (Å²) in [5.74, 6) is -0.564. The van der Waals surface area contributed by atoms with Crippen molar-refractivity contribution in [2.24, 2.45) is 7.05 Å². The maximum Gasteiger partial charge on any atom is 0.282 e. The van der Waals surface area contributed by atoms with Crippen molar-refractivity contribution in [3.8, 4) is 16.9 Å². The van der Waals surface area contributed by atoms with Gasteiger partial charge in [0.2, 0.25) is 0 Å². The van der Waals surface area contributed by atoms with E-state index in [2.05, 4.69) is 26.1 Å². The Kier molecular flexibility index (Phi) is 5.36. The molecule has 0 aliphatic rings. The van der Waals surface area contributed by atoms with Crippen LogP contribution in [0.1, 0.15) is 31.9 Å². The van der Waals surface area contributed by atoms with E-state index in [1.165, 1.54) is 21.6 Å². The summed E-state index contributed by atoms with van der Waals surface area (Å²) in [5, 5.41) is 9.13. The molecule has 0 amide bonds. The Morgan fingerprint density at radius 2 is 1.78 bits per heavy atom. The lowest BCUT2D eigenvalue weighted by molar-refractivity contribution is 0.576. The summed E-state index contributed by atoms with van der Waals surface area (Å²) < 4.78 is 17.8. The van der Waals surface area contributed by atoms with Crippen molar-refractivity contribution < 1.29 is 4.39 Å². The van der Waals surface area contributed by atoms with Gasteiger partial charge in [-0.3, -0.25) is 9.59 Å². The fourth-order valence-electron chi connectivity index (χ4n) is 3.67. The van der Waals surface area contributed by atoms with Crippen LogP contribution in [0, 0.1) is 12.7 Å². The van der Waals surface area contributed by atoms with Crippen molar-refractivity contribution in [2.45, 2.75) is 33.1 Å². The monoisotopic (exact) mass is 496 g/mol. The van der Waals surface area contributed by atoms with Crippen LogP contribution in [0.2, 0.25) is 0 Å². The molecule has 2 heterocycles. The van der Waals surface area contributed by atoms with Crippen molar-refractivity contribution >= 4 is 26.7 Å². The molecule has 0 radical (unpaired) electrons. The van der Waals surface area contributed by atoms with Crippen molar-refractivity contribution in [3.63, 3.8) is 0 Å². The van der Waals surface area contributed by atoms with E-state index in [1.807, 2.05) is 39.8 Å². The predicted octanol–water partition coefficient (Wildman–Crippen LogP) is 4.65. The first-order valence-corrected chi connectivity index (χ1v) is 10.8. The SMILES string of the molecule is Cc1c(-c2cc(Br)c(=O)n(C)n2)cccc1-n1ncc2cc(C(C)(C)C)cc(F)c2c1=O. The highest BCUT2D eigenvalue weighted by atomic mass is 79.9. The van der Waals surface area contributed by atoms with E-state index in [0.717, 1.165) is 16.7 Å².